The minimum atomic E-state index is 1.10. The first kappa shape index (κ1) is 35.1. The molecule has 0 bridgehead atoms. The van der Waals surface area contributed by atoms with Crippen molar-refractivity contribution >= 4 is 80.0 Å². The molecular formula is C48H34BBrN3S. The molecule has 3 nitrogen and oxygen atoms in total. The summed E-state index contributed by atoms with van der Waals surface area (Å²) in [6, 6.07) is 70.9. The molecule has 0 amide bonds. The Kier molecular flexibility index (Phi) is 10.4. The Bertz CT molecular complexity index is 2790. The van der Waals surface area contributed by atoms with Gasteiger partial charge in [-0.05, 0) is 82.9 Å². The van der Waals surface area contributed by atoms with E-state index in [-0.39, 0.29) is 0 Å². The van der Waals surface area contributed by atoms with Crippen LogP contribution in [0.25, 0.3) is 77.2 Å². The van der Waals surface area contributed by atoms with Crippen LogP contribution in [0.15, 0.2) is 209 Å². The van der Waals surface area contributed by atoms with Gasteiger partial charge in [-0.3, -0.25) is 0 Å². The van der Waals surface area contributed by atoms with Crippen molar-refractivity contribution < 1.29 is 0 Å². The van der Waals surface area contributed by atoms with Crippen LogP contribution in [-0.2, 0) is 0 Å². The average Bonchev–Trinajstić information content (AvgIpc) is 3.75. The fraction of sp³-hybridized carbons (Fsp3) is 0. The molecule has 1 radical (unpaired) electrons. The van der Waals surface area contributed by atoms with Crippen LogP contribution in [-0.4, -0.2) is 16.8 Å². The molecule has 0 fully saturated rings. The predicted molar refractivity (Wildman–Crippen MR) is 237 cm³/mol. The largest absolute Gasteiger partial charge is 0.309 e. The van der Waals surface area contributed by atoms with E-state index in [1.807, 2.05) is 6.07 Å². The first-order chi connectivity index (χ1) is 26.6. The normalized spacial score (nSPS) is 10.8. The molecule has 10 aromatic rings. The van der Waals surface area contributed by atoms with E-state index in [0.29, 0.717) is 0 Å². The van der Waals surface area contributed by atoms with Gasteiger partial charge in [0, 0.05) is 37.4 Å². The summed E-state index contributed by atoms with van der Waals surface area (Å²) in [6.45, 7) is 0. The van der Waals surface area contributed by atoms with E-state index in [9.17, 15) is 0 Å². The first-order valence-corrected chi connectivity index (χ1v) is 18.9. The molecule has 0 aliphatic carbocycles. The van der Waals surface area contributed by atoms with Gasteiger partial charge in [-0.25, -0.2) is 0 Å². The van der Waals surface area contributed by atoms with E-state index in [1.165, 1.54) is 77.2 Å². The molecule has 0 unspecified atom stereocenters. The third kappa shape index (κ3) is 6.94. The summed E-state index contributed by atoms with van der Waals surface area (Å²) in [7, 11) is 4.34. The molecule has 2 heterocycles. The topological polar surface area (TPSA) is 22.2 Å². The molecule has 10 rings (SSSR count). The van der Waals surface area contributed by atoms with Gasteiger partial charge in [0.1, 0.15) is 0 Å². The number of rotatable bonds is 4. The second-order valence-electron chi connectivity index (χ2n) is 12.8. The van der Waals surface area contributed by atoms with Crippen molar-refractivity contribution in [3.8, 4) is 33.6 Å². The molecule has 0 aliphatic rings. The van der Waals surface area contributed by atoms with Crippen molar-refractivity contribution in [2.45, 2.75) is 0 Å². The van der Waals surface area contributed by atoms with Gasteiger partial charge < -0.3 is 9.13 Å². The van der Waals surface area contributed by atoms with Crippen molar-refractivity contribution in [2.24, 2.45) is 4.30 Å². The molecule has 8 aromatic carbocycles. The maximum Gasteiger partial charge on any atom is 0.0541 e. The van der Waals surface area contributed by atoms with Crippen molar-refractivity contribution in [2.75, 3.05) is 0 Å². The Hall–Kier alpha value is -5.95. The van der Waals surface area contributed by atoms with Crippen LogP contribution in [0, 0.1) is 0 Å². The SMILES string of the molecule is Brc1ccc2c(c1)c1ccccc1n2-c1ccc(-c2ccccc2)cc1.[B]=NS.c1ccc(-c2ccc(-n3c4ccccc4c4ccccc43)cc2)cc1. The molecule has 6 heteroatoms. The summed E-state index contributed by atoms with van der Waals surface area (Å²) in [5, 5.41) is 5.13. The zero-order chi connectivity index (χ0) is 36.9. The predicted octanol–water partition coefficient (Wildman–Crippen LogP) is 13.8. The van der Waals surface area contributed by atoms with Gasteiger partial charge >= 0.3 is 24.8 Å². The summed E-state index contributed by atoms with van der Waals surface area (Å²) >= 11 is 6.80. The van der Waals surface area contributed by atoms with Crippen molar-refractivity contribution in [1.29, 1.82) is 0 Å². The Morgan fingerprint density at radius 1 is 0.370 bits per heavy atom. The monoisotopic (exact) mass is 774 g/mol. The maximum atomic E-state index is 4.34. The Balaban J connectivity index is 0.000000143. The minimum Gasteiger partial charge on any atom is -0.309 e. The molecule has 0 aliphatic heterocycles. The molecule has 0 atom stereocenters. The second kappa shape index (κ2) is 16.0. The van der Waals surface area contributed by atoms with Crippen LogP contribution < -0.4 is 0 Å². The van der Waals surface area contributed by atoms with Crippen LogP contribution in [0.3, 0.4) is 0 Å². The van der Waals surface area contributed by atoms with Crippen LogP contribution in [0.2, 0.25) is 0 Å². The average molecular weight is 776 g/mol. The van der Waals surface area contributed by atoms with Gasteiger partial charge in [-0.2, -0.15) is 0 Å². The second-order valence-corrected chi connectivity index (χ2v) is 14.0. The Labute approximate surface area is 330 Å². The standard InChI is InChI=1S/C24H16BrN.C24H17N.BHNS/c25-19-12-15-24-22(16-19)21-8-4-5-9-23(21)26(24)20-13-10-18(11-14-20)17-6-2-1-3-7-17;1-2-8-18(9-3-1)19-14-16-20(17-15-19)25-23-12-6-4-10-21(23)22-11-5-7-13-24(22)25;1-2-3/h1-16H;1-17H;3H. The zero-order valence-electron chi connectivity index (χ0n) is 29.3. The van der Waals surface area contributed by atoms with Gasteiger partial charge in [0.15, 0.2) is 0 Å². The van der Waals surface area contributed by atoms with Gasteiger partial charge in [0.2, 0.25) is 0 Å². The summed E-state index contributed by atoms with van der Waals surface area (Å²) in [5.41, 5.74) is 12.3. The van der Waals surface area contributed by atoms with Gasteiger partial charge in [0.25, 0.3) is 0 Å². The van der Waals surface area contributed by atoms with E-state index in [2.05, 4.69) is 244 Å². The third-order valence-electron chi connectivity index (χ3n) is 9.68. The number of nitrogens with zero attached hydrogens (tertiary/aromatic N) is 3. The molecule has 2 aromatic heterocycles. The van der Waals surface area contributed by atoms with Crippen LogP contribution >= 0.6 is 28.7 Å². The summed E-state index contributed by atoms with van der Waals surface area (Å²) in [4.78, 5) is 0. The van der Waals surface area contributed by atoms with E-state index >= 15 is 0 Å². The van der Waals surface area contributed by atoms with Crippen molar-refractivity contribution in [1.82, 2.24) is 9.13 Å². The van der Waals surface area contributed by atoms with E-state index in [4.69, 9.17) is 0 Å². The molecule has 0 spiro atoms. The number of fused-ring (bicyclic) bond motifs is 6. The third-order valence-corrected chi connectivity index (χ3v) is 10.2. The molecule has 0 saturated carbocycles. The van der Waals surface area contributed by atoms with E-state index < -0.39 is 0 Å². The van der Waals surface area contributed by atoms with Crippen molar-refractivity contribution in [3.63, 3.8) is 0 Å². The van der Waals surface area contributed by atoms with Crippen LogP contribution in [0.1, 0.15) is 0 Å². The van der Waals surface area contributed by atoms with E-state index in [1.54, 1.807) is 0 Å². The summed E-state index contributed by atoms with van der Waals surface area (Å²) in [5.74, 6) is 0. The summed E-state index contributed by atoms with van der Waals surface area (Å²) < 4.78 is 8.48. The molecule has 0 N–H and O–H groups in total. The van der Waals surface area contributed by atoms with Gasteiger partial charge in [0.05, 0.1) is 22.1 Å². The van der Waals surface area contributed by atoms with Gasteiger partial charge in [-0.1, -0.05) is 155 Å². The quantitative estimate of drug-likeness (QED) is 0.136. The minimum absolute atomic E-state index is 1.10. The van der Waals surface area contributed by atoms with Crippen LogP contribution in [0.5, 0.6) is 0 Å². The number of hydrogen-bond acceptors (Lipinski definition) is 2. The summed E-state index contributed by atoms with van der Waals surface area (Å²) in [6.07, 6.45) is 0. The van der Waals surface area contributed by atoms with E-state index in [0.717, 1.165) is 4.47 Å². The number of benzene rings is 8. The molecular weight excluding hydrogens is 741 g/mol. The first-order valence-electron chi connectivity index (χ1n) is 17.7. The fourth-order valence-corrected chi connectivity index (χ4v) is 7.65. The molecule has 0 saturated heterocycles. The Morgan fingerprint density at radius 3 is 1.09 bits per heavy atom. The smallest absolute Gasteiger partial charge is 0.0541 e. The number of aromatic nitrogens is 2. The number of thiol groups is 1. The number of hydrogen-bond donors (Lipinski definition) is 1. The maximum absolute atomic E-state index is 4.34. The fourth-order valence-electron chi connectivity index (χ4n) is 7.29. The van der Waals surface area contributed by atoms with Crippen molar-refractivity contribution in [3.05, 3.63) is 205 Å². The molecule has 54 heavy (non-hydrogen) atoms. The number of halogens is 1. The zero-order valence-corrected chi connectivity index (χ0v) is 31.8. The van der Waals surface area contributed by atoms with Gasteiger partial charge in [-0.15, -0.1) is 0 Å². The number of para-hydroxylation sites is 3. The Morgan fingerprint density at radius 2 is 0.685 bits per heavy atom. The molecule has 257 valence electrons. The van der Waals surface area contributed by atoms with Crippen LogP contribution in [0.4, 0.5) is 0 Å².